The monoisotopic (exact) mass is 339 g/mol. The first kappa shape index (κ1) is 16.1. The van der Waals surface area contributed by atoms with E-state index in [9.17, 15) is 9.65 Å². The number of aryl methyl sites for hydroxylation is 1. The smallest absolute Gasteiger partial charge is 0.143 e. The van der Waals surface area contributed by atoms with Crippen molar-refractivity contribution in [2.75, 3.05) is 18.0 Å². The summed E-state index contributed by atoms with van der Waals surface area (Å²) in [7, 11) is 0. The molecule has 5 nitrogen and oxygen atoms in total. The molecule has 0 spiro atoms. The summed E-state index contributed by atoms with van der Waals surface area (Å²) in [6.45, 7) is 2.60. The van der Waals surface area contributed by atoms with Crippen LogP contribution in [0.2, 0.25) is 0 Å². The van der Waals surface area contributed by atoms with Crippen molar-refractivity contribution in [2.24, 2.45) is 0 Å². The van der Waals surface area contributed by atoms with Gasteiger partial charge in [-0.15, -0.1) is 10.2 Å². The van der Waals surface area contributed by atoms with E-state index < -0.39 is 5.82 Å². The largest absolute Gasteiger partial charge is 0.370 e. The number of fused-ring (bicyclic) bond motifs is 1. The van der Waals surface area contributed by atoms with E-state index in [1.807, 2.05) is 12.1 Å². The van der Waals surface area contributed by atoms with Crippen LogP contribution in [-0.4, -0.2) is 27.9 Å². The molecule has 25 heavy (non-hydrogen) atoms. The minimum Gasteiger partial charge on any atom is -0.370 e. The van der Waals surface area contributed by atoms with Crippen molar-refractivity contribution in [1.82, 2.24) is 14.8 Å². The van der Waals surface area contributed by atoms with Gasteiger partial charge in [0.2, 0.25) is 0 Å². The summed E-state index contributed by atoms with van der Waals surface area (Å²) in [6, 6.07) is 6.89. The Balaban J connectivity index is 1.62. The average Bonchev–Trinajstić information content (AvgIpc) is 2.90. The van der Waals surface area contributed by atoms with Gasteiger partial charge in [0.1, 0.15) is 29.1 Å². The normalized spacial score (nSPS) is 20.6. The van der Waals surface area contributed by atoms with Crippen LogP contribution in [0.5, 0.6) is 0 Å². The molecule has 3 heterocycles. The second-order valence-corrected chi connectivity index (χ2v) is 6.97. The van der Waals surface area contributed by atoms with Gasteiger partial charge in [-0.2, -0.15) is 5.26 Å². The number of rotatable bonds is 2. The molecule has 1 atom stereocenters. The van der Waals surface area contributed by atoms with Crippen LogP contribution in [0.15, 0.2) is 18.2 Å². The lowest BCUT2D eigenvalue weighted by Gasteiger charge is -2.34. The lowest BCUT2D eigenvalue weighted by atomic mass is 9.96. The number of anilines is 1. The molecule has 0 unspecified atom stereocenters. The Morgan fingerprint density at radius 1 is 1.12 bits per heavy atom. The Labute approximate surface area is 147 Å². The fraction of sp³-hybridized carbons (Fsp3) is 0.526. The fourth-order valence-corrected chi connectivity index (χ4v) is 4.10. The third-order valence-electron chi connectivity index (χ3n) is 5.37. The number of aromatic nitrogens is 3. The third kappa shape index (κ3) is 2.99. The minimum atomic E-state index is -0.446. The summed E-state index contributed by atoms with van der Waals surface area (Å²) in [5.74, 6) is 2.01. The lowest BCUT2D eigenvalue weighted by molar-refractivity contribution is 0.465. The zero-order chi connectivity index (χ0) is 17.2. The average molecular weight is 339 g/mol. The van der Waals surface area contributed by atoms with Gasteiger partial charge in [0.05, 0.1) is 5.69 Å². The minimum absolute atomic E-state index is 0.142. The topological polar surface area (TPSA) is 57.7 Å². The summed E-state index contributed by atoms with van der Waals surface area (Å²) in [4.78, 5) is 2.13. The highest BCUT2D eigenvalue weighted by molar-refractivity contribution is 5.60. The maximum Gasteiger partial charge on any atom is 0.143 e. The standard InChI is InChI=1S/C19H22FN5/c20-16-7-4-8-17(15(16)12-21)24-10-5-6-14(13-24)19-23-22-18-9-2-1-3-11-25(18)19/h4,7-8,14H,1-3,5-6,9-11,13H2/t14-/m0/s1. The summed E-state index contributed by atoms with van der Waals surface area (Å²) in [6.07, 6.45) is 6.68. The molecule has 1 fully saturated rings. The molecule has 2 aliphatic rings. The number of piperidine rings is 1. The molecule has 0 aliphatic carbocycles. The quantitative estimate of drug-likeness (QED) is 0.841. The van der Waals surface area contributed by atoms with E-state index in [1.54, 1.807) is 6.07 Å². The van der Waals surface area contributed by atoms with Crippen LogP contribution in [0, 0.1) is 17.1 Å². The van der Waals surface area contributed by atoms with Crippen molar-refractivity contribution in [3.8, 4) is 6.07 Å². The number of halogens is 1. The molecule has 0 amide bonds. The highest BCUT2D eigenvalue weighted by Gasteiger charge is 2.28. The van der Waals surface area contributed by atoms with Crippen molar-refractivity contribution in [3.63, 3.8) is 0 Å². The van der Waals surface area contributed by atoms with Gasteiger partial charge in [0.15, 0.2) is 0 Å². The molecular formula is C19H22FN5. The predicted octanol–water partition coefficient (Wildman–Crippen LogP) is 3.40. The third-order valence-corrected chi connectivity index (χ3v) is 5.37. The summed E-state index contributed by atoms with van der Waals surface area (Å²) < 4.78 is 16.3. The van der Waals surface area contributed by atoms with Gasteiger partial charge >= 0.3 is 0 Å². The van der Waals surface area contributed by atoms with Crippen molar-refractivity contribution < 1.29 is 4.39 Å². The molecule has 1 saturated heterocycles. The van der Waals surface area contributed by atoms with Gasteiger partial charge in [-0.1, -0.05) is 12.5 Å². The molecule has 0 bridgehead atoms. The first-order valence-corrected chi connectivity index (χ1v) is 9.13. The van der Waals surface area contributed by atoms with E-state index in [0.29, 0.717) is 5.69 Å². The number of nitriles is 1. The van der Waals surface area contributed by atoms with Crippen molar-refractivity contribution in [1.29, 1.82) is 5.26 Å². The molecule has 2 aliphatic heterocycles. The van der Waals surface area contributed by atoms with E-state index in [1.165, 1.54) is 25.3 Å². The highest BCUT2D eigenvalue weighted by atomic mass is 19.1. The van der Waals surface area contributed by atoms with Crippen LogP contribution < -0.4 is 4.90 Å². The number of benzene rings is 1. The van der Waals surface area contributed by atoms with Crippen molar-refractivity contribution in [2.45, 2.75) is 51.0 Å². The number of hydrogen-bond acceptors (Lipinski definition) is 4. The molecule has 6 heteroatoms. The van der Waals surface area contributed by atoms with Crippen LogP contribution in [0.25, 0.3) is 0 Å². The van der Waals surface area contributed by atoms with Crippen LogP contribution >= 0.6 is 0 Å². The molecule has 4 rings (SSSR count). The second-order valence-electron chi connectivity index (χ2n) is 6.97. The first-order chi connectivity index (χ1) is 12.3. The van der Waals surface area contributed by atoms with Crippen LogP contribution in [-0.2, 0) is 13.0 Å². The molecule has 1 aromatic heterocycles. The number of hydrogen-bond donors (Lipinski definition) is 0. The molecule has 0 radical (unpaired) electrons. The van der Waals surface area contributed by atoms with Gasteiger partial charge < -0.3 is 9.47 Å². The Morgan fingerprint density at radius 2 is 2.04 bits per heavy atom. The Kier molecular flexibility index (Phi) is 4.39. The van der Waals surface area contributed by atoms with Gasteiger partial charge in [-0.05, 0) is 37.8 Å². The summed E-state index contributed by atoms with van der Waals surface area (Å²) in [5, 5.41) is 18.2. The second kappa shape index (κ2) is 6.83. The molecule has 0 N–H and O–H groups in total. The van der Waals surface area contributed by atoms with Crippen molar-refractivity contribution >= 4 is 5.69 Å². The molecular weight excluding hydrogens is 317 g/mol. The van der Waals surface area contributed by atoms with Crippen molar-refractivity contribution in [3.05, 3.63) is 41.2 Å². The van der Waals surface area contributed by atoms with E-state index in [-0.39, 0.29) is 11.5 Å². The highest BCUT2D eigenvalue weighted by Crippen LogP contribution is 2.32. The van der Waals surface area contributed by atoms with Gasteiger partial charge in [-0.25, -0.2) is 4.39 Å². The maximum absolute atomic E-state index is 14.0. The molecule has 0 saturated carbocycles. The van der Waals surface area contributed by atoms with Crippen LogP contribution in [0.1, 0.15) is 55.2 Å². The van der Waals surface area contributed by atoms with E-state index in [4.69, 9.17) is 0 Å². The van der Waals surface area contributed by atoms with E-state index >= 15 is 0 Å². The lowest BCUT2D eigenvalue weighted by Crippen LogP contribution is -2.36. The van der Waals surface area contributed by atoms with Gasteiger partial charge in [0, 0.05) is 32.0 Å². The Bertz CT molecular complexity index is 807. The molecule has 1 aromatic carbocycles. The van der Waals surface area contributed by atoms with E-state index in [2.05, 4.69) is 19.7 Å². The summed E-state index contributed by atoms with van der Waals surface area (Å²) in [5.41, 5.74) is 0.839. The molecule has 2 aromatic rings. The van der Waals surface area contributed by atoms with Crippen LogP contribution in [0.3, 0.4) is 0 Å². The number of nitrogens with zero attached hydrogens (tertiary/aromatic N) is 5. The maximum atomic E-state index is 14.0. The zero-order valence-electron chi connectivity index (χ0n) is 14.3. The zero-order valence-corrected chi connectivity index (χ0v) is 14.3. The first-order valence-electron chi connectivity index (χ1n) is 9.13. The summed E-state index contributed by atoms with van der Waals surface area (Å²) >= 11 is 0. The SMILES string of the molecule is N#Cc1c(F)cccc1N1CCC[C@H](c2nnc3n2CCCCC3)C1. The van der Waals surface area contributed by atoms with Gasteiger partial charge in [-0.3, -0.25) is 0 Å². The Morgan fingerprint density at radius 3 is 2.92 bits per heavy atom. The van der Waals surface area contributed by atoms with Crippen LogP contribution in [0.4, 0.5) is 10.1 Å². The Hall–Kier alpha value is -2.42. The molecule has 130 valence electrons. The van der Waals surface area contributed by atoms with Gasteiger partial charge in [0.25, 0.3) is 0 Å². The fourth-order valence-electron chi connectivity index (χ4n) is 4.10. The van der Waals surface area contributed by atoms with E-state index in [0.717, 1.165) is 50.5 Å². The predicted molar refractivity (Wildman–Crippen MR) is 92.9 cm³/mol.